The molecule has 0 radical (unpaired) electrons. The number of nitrogens with zero attached hydrogens (tertiary/aromatic N) is 3. The van der Waals surface area contributed by atoms with Gasteiger partial charge in [0.15, 0.2) is 0 Å². The van der Waals surface area contributed by atoms with Gasteiger partial charge in [-0.05, 0) is 61.6 Å². The summed E-state index contributed by atoms with van der Waals surface area (Å²) in [5.74, 6) is 1.26. The molecule has 2 aromatic rings. The van der Waals surface area contributed by atoms with Crippen LogP contribution < -0.4 is 5.32 Å². The Morgan fingerprint density at radius 2 is 1.96 bits per heavy atom. The van der Waals surface area contributed by atoms with Gasteiger partial charge in [-0.1, -0.05) is 23.7 Å². The van der Waals surface area contributed by atoms with Crippen LogP contribution in [-0.4, -0.2) is 60.0 Å². The zero-order chi connectivity index (χ0) is 19.5. The van der Waals surface area contributed by atoms with Crippen LogP contribution in [0, 0.1) is 18.8 Å². The van der Waals surface area contributed by atoms with Crippen molar-refractivity contribution >= 4 is 23.2 Å². The second kappa shape index (κ2) is 8.50. The van der Waals surface area contributed by atoms with Gasteiger partial charge in [0.05, 0.1) is 0 Å². The van der Waals surface area contributed by atoms with Gasteiger partial charge in [0.25, 0.3) is 5.91 Å². The number of rotatable bonds is 6. The van der Waals surface area contributed by atoms with Gasteiger partial charge in [0.1, 0.15) is 5.69 Å². The number of hydrogen-bond acceptors (Lipinski definition) is 4. The fourth-order valence-electron chi connectivity index (χ4n) is 4.33. The van der Waals surface area contributed by atoms with Crippen LogP contribution in [0.15, 0.2) is 42.6 Å². The standard InChI is InChI=1S/C22H27ClN4O/c1-16-6-7-19(11-20(16)23)24-9-4-10-26-12-17-14-27(15-18(17)13-26)22(28)21-5-2-3-8-25-21/h2-3,5-8,11,17-18,24H,4,9-10,12-15H2,1H3. The minimum atomic E-state index is 0.0718. The molecule has 6 heteroatoms. The van der Waals surface area contributed by atoms with E-state index in [1.165, 1.54) is 0 Å². The molecular weight excluding hydrogens is 372 g/mol. The van der Waals surface area contributed by atoms with E-state index in [0.29, 0.717) is 17.5 Å². The summed E-state index contributed by atoms with van der Waals surface area (Å²) in [7, 11) is 0. The van der Waals surface area contributed by atoms with Crippen molar-refractivity contribution in [3.63, 3.8) is 0 Å². The summed E-state index contributed by atoms with van der Waals surface area (Å²) < 4.78 is 0. The van der Waals surface area contributed by atoms with Crippen molar-refractivity contribution in [2.75, 3.05) is 44.6 Å². The van der Waals surface area contributed by atoms with Gasteiger partial charge >= 0.3 is 0 Å². The van der Waals surface area contributed by atoms with E-state index in [0.717, 1.165) is 62.0 Å². The fourth-order valence-corrected chi connectivity index (χ4v) is 4.51. The van der Waals surface area contributed by atoms with E-state index < -0.39 is 0 Å². The molecule has 2 atom stereocenters. The zero-order valence-electron chi connectivity index (χ0n) is 16.3. The highest BCUT2D eigenvalue weighted by Crippen LogP contribution is 2.31. The number of aryl methyl sites for hydroxylation is 1. The van der Waals surface area contributed by atoms with Gasteiger partial charge in [-0.15, -0.1) is 0 Å². The third kappa shape index (κ3) is 4.31. The Balaban J connectivity index is 1.19. The Morgan fingerprint density at radius 3 is 2.64 bits per heavy atom. The lowest BCUT2D eigenvalue weighted by Gasteiger charge is -2.21. The largest absolute Gasteiger partial charge is 0.385 e. The van der Waals surface area contributed by atoms with Crippen LogP contribution in [0.4, 0.5) is 5.69 Å². The highest BCUT2D eigenvalue weighted by molar-refractivity contribution is 6.31. The van der Waals surface area contributed by atoms with Crippen molar-refractivity contribution in [2.24, 2.45) is 11.8 Å². The maximum atomic E-state index is 12.6. The number of pyridine rings is 1. The minimum absolute atomic E-state index is 0.0718. The summed E-state index contributed by atoms with van der Waals surface area (Å²) in [6.45, 7) is 7.94. The van der Waals surface area contributed by atoms with Gasteiger partial charge < -0.3 is 15.1 Å². The Bertz CT molecular complexity index is 815. The summed E-state index contributed by atoms with van der Waals surface area (Å²) in [5.41, 5.74) is 2.74. The fraction of sp³-hybridized carbons (Fsp3) is 0.455. The second-order valence-electron chi connectivity index (χ2n) is 7.95. The molecule has 1 aromatic carbocycles. The number of aromatic nitrogens is 1. The molecule has 2 fully saturated rings. The number of likely N-dealkylation sites (tertiary alicyclic amines) is 2. The van der Waals surface area contributed by atoms with Gasteiger partial charge in [-0.3, -0.25) is 9.78 Å². The van der Waals surface area contributed by atoms with Crippen molar-refractivity contribution in [2.45, 2.75) is 13.3 Å². The lowest BCUT2D eigenvalue weighted by Crippen LogP contribution is -2.34. The number of benzene rings is 1. The van der Waals surface area contributed by atoms with Gasteiger partial charge in [0, 0.05) is 49.6 Å². The van der Waals surface area contributed by atoms with E-state index in [1.807, 2.05) is 36.1 Å². The van der Waals surface area contributed by atoms with Crippen molar-refractivity contribution in [1.82, 2.24) is 14.8 Å². The van der Waals surface area contributed by atoms with Crippen LogP contribution in [-0.2, 0) is 0 Å². The molecule has 0 aliphatic carbocycles. The van der Waals surface area contributed by atoms with Crippen LogP contribution in [0.25, 0.3) is 0 Å². The van der Waals surface area contributed by atoms with E-state index in [-0.39, 0.29) is 5.91 Å². The molecule has 0 bridgehead atoms. The number of fused-ring (bicyclic) bond motifs is 1. The first kappa shape index (κ1) is 19.2. The highest BCUT2D eigenvalue weighted by Gasteiger charge is 2.41. The Hall–Kier alpha value is -2.11. The number of hydrogen-bond donors (Lipinski definition) is 1. The number of nitrogens with one attached hydrogen (secondary N) is 1. The summed E-state index contributed by atoms with van der Waals surface area (Å²) >= 11 is 6.18. The molecule has 1 amide bonds. The van der Waals surface area contributed by atoms with Crippen LogP contribution in [0.5, 0.6) is 0 Å². The van der Waals surface area contributed by atoms with E-state index >= 15 is 0 Å². The molecule has 1 N–H and O–H groups in total. The van der Waals surface area contributed by atoms with Crippen molar-refractivity contribution < 1.29 is 4.79 Å². The normalized spacial score (nSPS) is 21.7. The predicted octanol–water partition coefficient (Wildman–Crippen LogP) is 3.55. The SMILES string of the molecule is Cc1ccc(NCCCN2CC3CN(C(=O)c4ccccn4)CC3C2)cc1Cl. The lowest BCUT2D eigenvalue weighted by atomic mass is 10.0. The first-order valence-corrected chi connectivity index (χ1v) is 10.4. The Kier molecular flexibility index (Phi) is 5.83. The third-order valence-corrected chi connectivity index (χ3v) is 6.29. The Morgan fingerprint density at radius 1 is 1.18 bits per heavy atom. The second-order valence-corrected chi connectivity index (χ2v) is 8.36. The van der Waals surface area contributed by atoms with Gasteiger partial charge in [0.2, 0.25) is 0 Å². The first-order chi connectivity index (χ1) is 13.6. The molecule has 2 unspecified atom stereocenters. The number of carbonyl (C=O) groups excluding carboxylic acids is 1. The first-order valence-electron chi connectivity index (χ1n) is 10.0. The van der Waals surface area contributed by atoms with Crippen LogP contribution >= 0.6 is 11.6 Å². The van der Waals surface area contributed by atoms with E-state index in [2.05, 4.69) is 21.3 Å². The van der Waals surface area contributed by atoms with Crippen molar-refractivity contribution in [3.05, 3.63) is 58.9 Å². The highest BCUT2D eigenvalue weighted by atomic mass is 35.5. The number of amides is 1. The molecule has 4 rings (SSSR count). The van der Waals surface area contributed by atoms with Crippen LogP contribution in [0.2, 0.25) is 5.02 Å². The van der Waals surface area contributed by atoms with Gasteiger partial charge in [-0.25, -0.2) is 0 Å². The van der Waals surface area contributed by atoms with E-state index in [4.69, 9.17) is 11.6 Å². The molecule has 2 saturated heterocycles. The minimum Gasteiger partial charge on any atom is -0.385 e. The van der Waals surface area contributed by atoms with Crippen molar-refractivity contribution in [1.29, 1.82) is 0 Å². The average Bonchev–Trinajstić information content (AvgIpc) is 3.27. The number of anilines is 1. The molecule has 2 aliphatic rings. The molecule has 148 valence electrons. The molecule has 2 aliphatic heterocycles. The monoisotopic (exact) mass is 398 g/mol. The average molecular weight is 399 g/mol. The predicted molar refractivity (Wildman–Crippen MR) is 113 cm³/mol. The third-order valence-electron chi connectivity index (χ3n) is 5.89. The van der Waals surface area contributed by atoms with E-state index in [9.17, 15) is 4.79 Å². The van der Waals surface area contributed by atoms with Crippen molar-refractivity contribution in [3.8, 4) is 0 Å². The quantitative estimate of drug-likeness (QED) is 0.756. The summed E-state index contributed by atoms with van der Waals surface area (Å²) in [5, 5.41) is 4.26. The molecule has 0 spiro atoms. The zero-order valence-corrected chi connectivity index (χ0v) is 17.0. The maximum absolute atomic E-state index is 12.6. The lowest BCUT2D eigenvalue weighted by molar-refractivity contribution is 0.0768. The maximum Gasteiger partial charge on any atom is 0.272 e. The van der Waals surface area contributed by atoms with Gasteiger partial charge in [-0.2, -0.15) is 0 Å². The molecular formula is C22H27ClN4O. The molecule has 3 heterocycles. The number of halogens is 1. The molecule has 1 aromatic heterocycles. The van der Waals surface area contributed by atoms with E-state index in [1.54, 1.807) is 12.3 Å². The smallest absolute Gasteiger partial charge is 0.272 e. The molecule has 0 saturated carbocycles. The summed E-state index contributed by atoms with van der Waals surface area (Å²) in [4.78, 5) is 21.3. The Labute approximate surface area is 171 Å². The number of carbonyl (C=O) groups is 1. The topological polar surface area (TPSA) is 48.5 Å². The van der Waals surface area contributed by atoms with Crippen LogP contribution in [0.1, 0.15) is 22.5 Å². The molecule has 5 nitrogen and oxygen atoms in total. The molecule has 28 heavy (non-hydrogen) atoms. The van der Waals surface area contributed by atoms with Crippen LogP contribution in [0.3, 0.4) is 0 Å². The summed E-state index contributed by atoms with van der Waals surface area (Å²) in [6, 6.07) is 11.6. The summed E-state index contributed by atoms with van der Waals surface area (Å²) in [6.07, 6.45) is 2.78.